The summed E-state index contributed by atoms with van der Waals surface area (Å²) in [5.41, 5.74) is 0.867. The number of hydrogen-bond acceptors (Lipinski definition) is 3. The highest BCUT2D eigenvalue weighted by Gasteiger charge is 2.23. The van der Waals surface area contributed by atoms with E-state index in [1.165, 1.54) is 0 Å². The van der Waals surface area contributed by atoms with Crippen molar-refractivity contribution in [3.8, 4) is 0 Å². The summed E-state index contributed by atoms with van der Waals surface area (Å²) in [6.45, 7) is 3.58. The molecule has 18 heavy (non-hydrogen) atoms. The second-order valence-corrected chi connectivity index (χ2v) is 4.21. The van der Waals surface area contributed by atoms with Crippen molar-refractivity contribution in [2.75, 3.05) is 32.8 Å². The number of morpholine rings is 1. The molecule has 1 aliphatic heterocycles. The molecule has 1 unspecified atom stereocenters. The van der Waals surface area contributed by atoms with Crippen molar-refractivity contribution in [1.82, 2.24) is 4.90 Å². The fourth-order valence-electron chi connectivity index (χ4n) is 2.05. The third-order valence-corrected chi connectivity index (χ3v) is 3.04. The first-order chi connectivity index (χ1) is 8.27. The topological polar surface area (TPSA) is 49.8 Å². The zero-order valence-electron chi connectivity index (χ0n) is 10.1. The molecule has 1 aromatic rings. The fourth-order valence-corrected chi connectivity index (χ4v) is 2.05. The van der Waals surface area contributed by atoms with Crippen LogP contribution in [0, 0.1) is 0 Å². The molecule has 0 bridgehead atoms. The summed E-state index contributed by atoms with van der Waals surface area (Å²) in [5, 5.41) is 9.30. The van der Waals surface area contributed by atoms with Crippen molar-refractivity contribution in [1.29, 1.82) is 0 Å². The maximum atomic E-state index is 11.3. The molecule has 1 N–H and O–H groups in total. The van der Waals surface area contributed by atoms with Crippen LogP contribution in [0.15, 0.2) is 30.3 Å². The first-order valence-electron chi connectivity index (χ1n) is 5.85. The Balaban J connectivity index is 0.00000162. The zero-order valence-corrected chi connectivity index (χ0v) is 10.9. The number of carboxylic acids is 1. The van der Waals surface area contributed by atoms with Gasteiger partial charge in [-0.3, -0.25) is 9.69 Å². The highest BCUT2D eigenvalue weighted by Crippen LogP contribution is 2.17. The van der Waals surface area contributed by atoms with Gasteiger partial charge in [-0.25, -0.2) is 0 Å². The maximum Gasteiger partial charge on any atom is 0.312 e. The molecule has 100 valence electrons. The third kappa shape index (κ3) is 3.98. The number of benzene rings is 1. The standard InChI is InChI=1S/C13H17NO3.ClH/c15-13(16)12(11-4-2-1-3-5-11)10-14-6-8-17-9-7-14;/h1-5,12H,6-10H2,(H,15,16);1H. The lowest BCUT2D eigenvalue weighted by molar-refractivity contribution is -0.139. The van der Waals surface area contributed by atoms with Gasteiger partial charge in [0.2, 0.25) is 0 Å². The summed E-state index contributed by atoms with van der Waals surface area (Å²) >= 11 is 0. The SMILES string of the molecule is Cl.O=C(O)C(CN1CCOCC1)c1ccccc1. The molecule has 1 atom stereocenters. The van der Waals surface area contributed by atoms with E-state index in [1.54, 1.807) is 0 Å². The van der Waals surface area contributed by atoms with Crippen molar-refractivity contribution >= 4 is 18.4 Å². The molecule has 4 nitrogen and oxygen atoms in total. The molecule has 0 aromatic heterocycles. The molecule has 0 aliphatic carbocycles. The van der Waals surface area contributed by atoms with Gasteiger partial charge in [0.25, 0.3) is 0 Å². The van der Waals surface area contributed by atoms with Gasteiger partial charge in [-0.1, -0.05) is 30.3 Å². The van der Waals surface area contributed by atoms with Gasteiger partial charge in [0.1, 0.15) is 0 Å². The van der Waals surface area contributed by atoms with E-state index in [2.05, 4.69) is 4.90 Å². The lowest BCUT2D eigenvalue weighted by atomic mass is 9.98. The smallest absolute Gasteiger partial charge is 0.312 e. The normalized spacial score (nSPS) is 17.8. The van der Waals surface area contributed by atoms with Crippen LogP contribution in [0.25, 0.3) is 0 Å². The minimum Gasteiger partial charge on any atom is -0.481 e. The van der Waals surface area contributed by atoms with Gasteiger partial charge in [0, 0.05) is 19.6 Å². The van der Waals surface area contributed by atoms with Gasteiger partial charge < -0.3 is 9.84 Å². The summed E-state index contributed by atoms with van der Waals surface area (Å²) < 4.78 is 5.26. The second-order valence-electron chi connectivity index (χ2n) is 4.21. The first-order valence-corrected chi connectivity index (χ1v) is 5.85. The summed E-state index contributed by atoms with van der Waals surface area (Å²) in [7, 11) is 0. The number of hydrogen-bond donors (Lipinski definition) is 1. The van der Waals surface area contributed by atoms with Gasteiger partial charge in [0.15, 0.2) is 0 Å². The first kappa shape index (κ1) is 15.0. The van der Waals surface area contributed by atoms with Gasteiger partial charge in [-0.15, -0.1) is 12.4 Å². The highest BCUT2D eigenvalue weighted by atomic mass is 35.5. The Morgan fingerprint density at radius 3 is 2.44 bits per heavy atom. The molecule has 0 amide bonds. The van der Waals surface area contributed by atoms with Crippen LogP contribution in [-0.2, 0) is 9.53 Å². The molecule has 1 aliphatic rings. The summed E-state index contributed by atoms with van der Waals surface area (Å²) in [5.74, 6) is -1.21. The van der Waals surface area contributed by atoms with Gasteiger partial charge >= 0.3 is 5.97 Å². The van der Waals surface area contributed by atoms with E-state index in [4.69, 9.17) is 4.74 Å². The Kier molecular flexibility index (Phi) is 6.12. The number of nitrogens with zero attached hydrogens (tertiary/aromatic N) is 1. The molecule has 2 rings (SSSR count). The lowest BCUT2D eigenvalue weighted by Gasteiger charge is -2.29. The van der Waals surface area contributed by atoms with Crippen molar-refractivity contribution in [3.63, 3.8) is 0 Å². The van der Waals surface area contributed by atoms with Crippen LogP contribution >= 0.6 is 12.4 Å². The van der Waals surface area contributed by atoms with E-state index in [-0.39, 0.29) is 12.4 Å². The fraction of sp³-hybridized carbons (Fsp3) is 0.462. The van der Waals surface area contributed by atoms with Crippen LogP contribution in [0.3, 0.4) is 0 Å². The maximum absolute atomic E-state index is 11.3. The Hall–Kier alpha value is -1.10. The minimum atomic E-state index is -0.761. The van der Waals surface area contributed by atoms with Gasteiger partial charge in [0.05, 0.1) is 19.1 Å². The number of carbonyl (C=O) groups is 1. The van der Waals surface area contributed by atoms with Crippen molar-refractivity contribution in [3.05, 3.63) is 35.9 Å². The summed E-state index contributed by atoms with van der Waals surface area (Å²) in [6.07, 6.45) is 0. The Bertz CT molecular complexity index is 366. The number of halogens is 1. The van der Waals surface area contributed by atoms with E-state index >= 15 is 0 Å². The molecule has 1 fully saturated rings. The van der Waals surface area contributed by atoms with Crippen LogP contribution in [0.5, 0.6) is 0 Å². The Labute approximate surface area is 113 Å². The molecule has 1 heterocycles. The number of ether oxygens (including phenoxy) is 1. The molecule has 1 saturated heterocycles. The van der Waals surface area contributed by atoms with Crippen LogP contribution in [0.2, 0.25) is 0 Å². The number of rotatable bonds is 4. The molecule has 0 saturated carbocycles. The summed E-state index contributed by atoms with van der Waals surface area (Å²) in [4.78, 5) is 13.5. The van der Waals surface area contributed by atoms with E-state index < -0.39 is 11.9 Å². The minimum absolute atomic E-state index is 0. The summed E-state index contributed by atoms with van der Waals surface area (Å²) in [6, 6.07) is 9.41. The number of carboxylic acid groups (broad SMARTS) is 1. The molecule has 5 heteroatoms. The monoisotopic (exact) mass is 271 g/mol. The lowest BCUT2D eigenvalue weighted by Crippen LogP contribution is -2.40. The van der Waals surface area contributed by atoms with E-state index in [0.717, 1.165) is 18.7 Å². The van der Waals surface area contributed by atoms with E-state index in [1.807, 2.05) is 30.3 Å². The molecular formula is C13H18ClNO3. The van der Waals surface area contributed by atoms with Crippen molar-refractivity contribution in [2.24, 2.45) is 0 Å². The molecule has 0 radical (unpaired) electrons. The quantitative estimate of drug-likeness (QED) is 0.904. The predicted octanol–water partition coefficient (Wildman–Crippen LogP) is 1.61. The Morgan fingerprint density at radius 1 is 1.28 bits per heavy atom. The largest absolute Gasteiger partial charge is 0.481 e. The van der Waals surface area contributed by atoms with Gasteiger partial charge in [-0.2, -0.15) is 0 Å². The van der Waals surface area contributed by atoms with Crippen LogP contribution < -0.4 is 0 Å². The molecular weight excluding hydrogens is 254 g/mol. The van der Waals surface area contributed by atoms with Crippen LogP contribution in [-0.4, -0.2) is 48.8 Å². The number of aliphatic carboxylic acids is 1. The van der Waals surface area contributed by atoms with E-state index in [0.29, 0.717) is 19.8 Å². The van der Waals surface area contributed by atoms with E-state index in [9.17, 15) is 9.90 Å². The predicted molar refractivity (Wildman–Crippen MR) is 71.3 cm³/mol. The molecule has 1 aromatic carbocycles. The average Bonchev–Trinajstić information content (AvgIpc) is 2.38. The highest BCUT2D eigenvalue weighted by molar-refractivity contribution is 5.85. The second kappa shape index (κ2) is 7.36. The van der Waals surface area contributed by atoms with Gasteiger partial charge in [-0.05, 0) is 5.56 Å². The van der Waals surface area contributed by atoms with Crippen molar-refractivity contribution < 1.29 is 14.6 Å². The van der Waals surface area contributed by atoms with Crippen LogP contribution in [0.4, 0.5) is 0 Å². The average molecular weight is 272 g/mol. The molecule has 0 spiro atoms. The third-order valence-electron chi connectivity index (χ3n) is 3.04. The Morgan fingerprint density at radius 2 is 1.89 bits per heavy atom. The van der Waals surface area contributed by atoms with Crippen LogP contribution in [0.1, 0.15) is 11.5 Å². The zero-order chi connectivity index (χ0) is 12.1. The van der Waals surface area contributed by atoms with Crippen molar-refractivity contribution in [2.45, 2.75) is 5.92 Å².